The Morgan fingerprint density at radius 1 is 1.00 bits per heavy atom. The number of sulfonamides is 1. The summed E-state index contributed by atoms with van der Waals surface area (Å²) in [6, 6.07) is 14.4. The van der Waals surface area contributed by atoms with Crippen LogP contribution in [-0.4, -0.2) is 29.7 Å². The summed E-state index contributed by atoms with van der Waals surface area (Å²) >= 11 is 0. The number of rotatable bonds is 8. The summed E-state index contributed by atoms with van der Waals surface area (Å²) in [4.78, 5) is 25.0. The van der Waals surface area contributed by atoms with Crippen LogP contribution in [0.5, 0.6) is 0 Å². The molecular weight excluding hydrogens is 392 g/mol. The van der Waals surface area contributed by atoms with Gasteiger partial charge in [0.1, 0.15) is 0 Å². The minimum Gasteiger partial charge on any atom is -0.352 e. The van der Waals surface area contributed by atoms with Crippen LogP contribution in [0.1, 0.15) is 18.9 Å². The Morgan fingerprint density at radius 2 is 1.62 bits per heavy atom. The Bertz CT molecular complexity index is 1190. The van der Waals surface area contributed by atoms with E-state index in [0.717, 1.165) is 17.3 Å². The van der Waals surface area contributed by atoms with Crippen LogP contribution in [0.2, 0.25) is 0 Å². The Labute approximate surface area is 169 Å². The third kappa shape index (κ3) is 4.86. The number of amides is 1. The lowest BCUT2D eigenvalue weighted by atomic mass is 10.2. The maximum absolute atomic E-state index is 12.6. The van der Waals surface area contributed by atoms with Crippen LogP contribution in [-0.2, 0) is 34.5 Å². The van der Waals surface area contributed by atoms with Crippen molar-refractivity contribution >= 4 is 32.7 Å². The lowest BCUT2D eigenvalue weighted by molar-refractivity contribution is -0.121. The molecular formula is C20H24N4O4S. The third-order valence-corrected chi connectivity index (χ3v) is 5.18. The van der Waals surface area contributed by atoms with E-state index in [1.807, 2.05) is 31.2 Å². The highest BCUT2D eigenvalue weighted by atomic mass is 32.2. The molecule has 3 aromatic rings. The minimum atomic E-state index is -3.41. The van der Waals surface area contributed by atoms with Gasteiger partial charge >= 0.3 is 5.69 Å². The van der Waals surface area contributed by atoms with E-state index in [1.165, 1.54) is 0 Å². The first-order valence-corrected chi connectivity index (χ1v) is 11.2. The fourth-order valence-electron chi connectivity index (χ4n) is 3.26. The normalized spacial score (nSPS) is 11.5. The zero-order valence-electron chi connectivity index (χ0n) is 16.4. The van der Waals surface area contributed by atoms with Gasteiger partial charge in [-0.15, -0.1) is 0 Å². The van der Waals surface area contributed by atoms with E-state index in [0.29, 0.717) is 17.8 Å². The van der Waals surface area contributed by atoms with Gasteiger partial charge in [0, 0.05) is 26.1 Å². The van der Waals surface area contributed by atoms with Crippen LogP contribution in [0, 0.1) is 0 Å². The van der Waals surface area contributed by atoms with E-state index >= 15 is 0 Å². The van der Waals surface area contributed by atoms with Crippen LogP contribution < -0.4 is 15.7 Å². The molecule has 0 unspecified atom stereocenters. The highest BCUT2D eigenvalue weighted by Crippen LogP contribution is 2.16. The second kappa shape index (κ2) is 8.52. The molecule has 3 rings (SSSR count). The molecule has 0 atom stereocenters. The lowest BCUT2D eigenvalue weighted by Gasteiger charge is -2.11. The summed E-state index contributed by atoms with van der Waals surface area (Å²) < 4.78 is 28.7. The van der Waals surface area contributed by atoms with Gasteiger partial charge in [-0.1, -0.05) is 30.3 Å². The molecule has 8 nitrogen and oxygen atoms in total. The molecule has 0 fully saturated rings. The van der Waals surface area contributed by atoms with E-state index in [2.05, 4.69) is 10.0 Å². The van der Waals surface area contributed by atoms with Crippen molar-refractivity contribution in [2.24, 2.45) is 0 Å². The zero-order valence-corrected chi connectivity index (χ0v) is 17.2. The van der Waals surface area contributed by atoms with Crippen molar-refractivity contribution in [1.29, 1.82) is 0 Å². The topological polar surface area (TPSA) is 102 Å². The highest BCUT2D eigenvalue weighted by molar-refractivity contribution is 7.92. The first-order chi connectivity index (χ1) is 13.8. The number of nitrogens with zero attached hydrogens (tertiary/aromatic N) is 2. The molecule has 0 aliphatic rings. The van der Waals surface area contributed by atoms with Crippen molar-refractivity contribution < 1.29 is 13.2 Å². The number of hydrogen-bond donors (Lipinski definition) is 2. The lowest BCUT2D eigenvalue weighted by Crippen LogP contribution is -2.28. The molecule has 2 aromatic carbocycles. The number of aromatic nitrogens is 2. The number of fused-ring (bicyclic) bond motifs is 1. The van der Waals surface area contributed by atoms with Crippen LogP contribution in [0.25, 0.3) is 11.0 Å². The van der Waals surface area contributed by atoms with Crippen molar-refractivity contribution in [3.05, 3.63) is 64.6 Å². The number of hydrogen-bond acceptors (Lipinski definition) is 4. The van der Waals surface area contributed by atoms with Gasteiger partial charge in [-0.3, -0.25) is 18.7 Å². The zero-order chi connectivity index (χ0) is 21.0. The molecule has 0 saturated heterocycles. The molecule has 154 valence electrons. The average Bonchev–Trinajstić information content (AvgIpc) is 2.95. The fraction of sp³-hybridized carbons (Fsp3) is 0.300. The largest absolute Gasteiger partial charge is 0.352 e. The number of nitrogens with one attached hydrogen (secondary N) is 2. The molecule has 1 aromatic heterocycles. The van der Waals surface area contributed by atoms with Crippen LogP contribution in [0.15, 0.2) is 53.3 Å². The monoisotopic (exact) mass is 416 g/mol. The van der Waals surface area contributed by atoms with Crippen molar-refractivity contribution in [2.45, 2.75) is 33.0 Å². The molecule has 1 amide bonds. The smallest absolute Gasteiger partial charge is 0.329 e. The molecule has 9 heteroatoms. The SMILES string of the molecule is CCn1c(=O)n(CCC(=O)NCc2ccccc2NS(C)(=O)=O)c2ccccc21. The number of benzene rings is 2. The molecule has 1 heterocycles. The number of para-hydroxylation sites is 3. The first kappa shape index (κ1) is 20.7. The number of anilines is 1. The summed E-state index contributed by atoms with van der Waals surface area (Å²) in [5.41, 5.74) is 2.60. The van der Waals surface area contributed by atoms with Crippen molar-refractivity contribution in [3.63, 3.8) is 0 Å². The van der Waals surface area contributed by atoms with Gasteiger partial charge in [0.15, 0.2) is 0 Å². The highest BCUT2D eigenvalue weighted by Gasteiger charge is 2.13. The van der Waals surface area contributed by atoms with Gasteiger partial charge in [0.2, 0.25) is 15.9 Å². The molecule has 29 heavy (non-hydrogen) atoms. The Balaban J connectivity index is 1.67. The van der Waals surface area contributed by atoms with Crippen molar-refractivity contribution in [1.82, 2.24) is 14.5 Å². The maximum atomic E-state index is 12.6. The quantitative estimate of drug-likeness (QED) is 0.585. The van der Waals surface area contributed by atoms with E-state index in [1.54, 1.807) is 33.4 Å². The van der Waals surface area contributed by atoms with Crippen LogP contribution in [0.4, 0.5) is 5.69 Å². The van der Waals surface area contributed by atoms with E-state index in [-0.39, 0.29) is 31.1 Å². The van der Waals surface area contributed by atoms with E-state index in [4.69, 9.17) is 0 Å². The molecule has 0 aliphatic carbocycles. The van der Waals surface area contributed by atoms with Gasteiger partial charge in [-0.25, -0.2) is 13.2 Å². The molecule has 0 aliphatic heterocycles. The average molecular weight is 417 g/mol. The first-order valence-electron chi connectivity index (χ1n) is 9.30. The summed E-state index contributed by atoms with van der Waals surface area (Å²) in [5.74, 6) is -0.223. The van der Waals surface area contributed by atoms with Crippen LogP contribution in [0.3, 0.4) is 0 Å². The minimum absolute atomic E-state index is 0.135. The van der Waals surface area contributed by atoms with Gasteiger partial charge in [-0.05, 0) is 30.7 Å². The Kier molecular flexibility index (Phi) is 6.07. The van der Waals surface area contributed by atoms with Gasteiger partial charge in [0.25, 0.3) is 0 Å². The van der Waals surface area contributed by atoms with E-state index < -0.39 is 10.0 Å². The number of carbonyl (C=O) groups is 1. The molecule has 0 radical (unpaired) electrons. The van der Waals surface area contributed by atoms with Crippen molar-refractivity contribution in [3.8, 4) is 0 Å². The Morgan fingerprint density at radius 3 is 2.28 bits per heavy atom. The van der Waals surface area contributed by atoms with Crippen molar-refractivity contribution in [2.75, 3.05) is 11.0 Å². The standard InChI is InChI=1S/C20H24N4O4S/c1-3-23-17-10-6-7-11-18(17)24(20(23)26)13-12-19(25)21-14-15-8-4-5-9-16(15)22-29(2,27)28/h4-11,22H,3,12-14H2,1-2H3,(H,21,25). The Hall–Kier alpha value is -3.07. The summed E-state index contributed by atoms with van der Waals surface area (Å²) in [6.07, 6.45) is 1.21. The van der Waals surface area contributed by atoms with Gasteiger partial charge in [-0.2, -0.15) is 0 Å². The summed E-state index contributed by atoms with van der Waals surface area (Å²) in [7, 11) is -3.41. The maximum Gasteiger partial charge on any atom is 0.329 e. The third-order valence-electron chi connectivity index (χ3n) is 4.59. The second-order valence-corrected chi connectivity index (χ2v) is 8.47. The fourth-order valence-corrected chi connectivity index (χ4v) is 3.86. The van der Waals surface area contributed by atoms with Crippen LogP contribution >= 0.6 is 0 Å². The summed E-state index contributed by atoms with van der Waals surface area (Å²) in [5, 5.41) is 2.79. The number of imidazole rings is 1. The molecule has 0 bridgehead atoms. The summed E-state index contributed by atoms with van der Waals surface area (Å²) in [6.45, 7) is 2.92. The van der Waals surface area contributed by atoms with Gasteiger partial charge in [0.05, 0.1) is 23.0 Å². The number of aryl methyl sites for hydroxylation is 2. The predicted octanol–water partition coefficient (Wildman–Crippen LogP) is 1.90. The second-order valence-electron chi connectivity index (χ2n) is 6.73. The molecule has 2 N–H and O–H groups in total. The van der Waals surface area contributed by atoms with Gasteiger partial charge < -0.3 is 5.32 Å². The molecule has 0 saturated carbocycles. The number of carbonyl (C=O) groups excluding carboxylic acids is 1. The predicted molar refractivity (Wildman–Crippen MR) is 113 cm³/mol. The van der Waals surface area contributed by atoms with E-state index in [9.17, 15) is 18.0 Å². The molecule has 0 spiro atoms.